The normalized spacial score (nSPS) is 17.0. The van der Waals surface area contributed by atoms with Gasteiger partial charge in [-0.2, -0.15) is 0 Å². The first-order valence-corrected chi connectivity index (χ1v) is 18.9. The summed E-state index contributed by atoms with van der Waals surface area (Å²) in [6.45, 7) is 1.51. The fourth-order valence-corrected chi connectivity index (χ4v) is 8.85. The van der Waals surface area contributed by atoms with Crippen molar-refractivity contribution in [1.29, 1.82) is 0 Å². The Bertz CT molecular complexity index is 3690. The van der Waals surface area contributed by atoms with Crippen molar-refractivity contribution in [3.8, 4) is 67.9 Å². The standard InChI is InChI=1S/C53H33N3O2/c1-32-14-13-17-34(28-32)51-54-50(33-15-3-2-4-16-33)55-52(56-51)35-26-27-39-37-19-6-5-18-36(37)38-20-7-9-22-42(38)53(44(39)29-35)43-23-10-12-25-47(43)58-49-30-41-40-21-8-11-24-46(40)57-48(41)31-45(49)53/h2-31H,1H3/i2D,3D,4D,13D,14D,15D,16D,17D,28D. The first-order chi connectivity index (χ1) is 32.4. The van der Waals surface area contributed by atoms with Gasteiger partial charge < -0.3 is 9.15 Å². The minimum absolute atomic E-state index is 0.0156. The summed E-state index contributed by atoms with van der Waals surface area (Å²) in [5.41, 5.74) is 7.75. The second kappa shape index (κ2) is 12.4. The molecule has 1 unspecified atom stereocenters. The van der Waals surface area contributed by atoms with Crippen molar-refractivity contribution in [2.45, 2.75) is 12.3 Å². The maximum absolute atomic E-state index is 9.09. The highest BCUT2D eigenvalue weighted by Crippen LogP contribution is 2.61. The molecule has 1 aliphatic heterocycles. The summed E-state index contributed by atoms with van der Waals surface area (Å²) < 4.78 is 91.9. The van der Waals surface area contributed by atoms with Gasteiger partial charge in [-0.3, -0.25) is 0 Å². The second-order valence-electron chi connectivity index (χ2n) is 14.4. The van der Waals surface area contributed by atoms with E-state index in [4.69, 9.17) is 31.5 Å². The highest BCUT2D eigenvalue weighted by Gasteiger charge is 2.49. The van der Waals surface area contributed by atoms with Crippen LogP contribution in [0.5, 0.6) is 11.5 Å². The van der Waals surface area contributed by atoms with Crippen LogP contribution in [0.3, 0.4) is 0 Å². The molecule has 272 valence electrons. The minimum atomic E-state index is -1.10. The van der Waals surface area contributed by atoms with Crippen molar-refractivity contribution in [2.75, 3.05) is 0 Å². The summed E-state index contributed by atoms with van der Waals surface area (Å²) in [5, 5.41) is 1.85. The molecule has 1 atom stereocenters. The van der Waals surface area contributed by atoms with Gasteiger partial charge in [-0.05, 0) is 76.7 Å². The van der Waals surface area contributed by atoms with Gasteiger partial charge in [0.1, 0.15) is 22.7 Å². The summed E-state index contributed by atoms with van der Waals surface area (Å²) in [5.74, 6) is 0.778. The summed E-state index contributed by atoms with van der Waals surface area (Å²) in [6.07, 6.45) is 0. The number of nitrogens with zero attached hydrogens (tertiary/aromatic N) is 3. The number of para-hydroxylation sites is 2. The molecule has 2 aliphatic rings. The smallest absolute Gasteiger partial charge is 0.164 e. The van der Waals surface area contributed by atoms with Crippen molar-refractivity contribution in [2.24, 2.45) is 0 Å². The Morgan fingerprint density at radius 1 is 0.466 bits per heavy atom. The van der Waals surface area contributed by atoms with E-state index in [1.54, 1.807) is 0 Å². The lowest BCUT2D eigenvalue weighted by atomic mass is 9.62. The molecule has 0 N–H and O–H groups in total. The van der Waals surface area contributed by atoms with Crippen LogP contribution in [0.25, 0.3) is 78.4 Å². The third-order valence-corrected chi connectivity index (χ3v) is 11.2. The molecule has 58 heavy (non-hydrogen) atoms. The highest BCUT2D eigenvalue weighted by molar-refractivity contribution is 6.06. The first kappa shape index (κ1) is 24.8. The van der Waals surface area contributed by atoms with Crippen molar-refractivity contribution >= 4 is 21.9 Å². The molecular weight excluding hydrogens is 711 g/mol. The molecule has 0 amide bonds. The summed E-state index contributed by atoms with van der Waals surface area (Å²) in [6, 6.07) is 38.1. The molecule has 0 radical (unpaired) electrons. The second-order valence-corrected chi connectivity index (χ2v) is 14.4. The highest BCUT2D eigenvalue weighted by atomic mass is 16.5. The molecule has 0 saturated heterocycles. The van der Waals surface area contributed by atoms with Crippen LogP contribution in [-0.2, 0) is 5.41 Å². The maximum atomic E-state index is 9.09. The zero-order valence-corrected chi connectivity index (χ0v) is 30.8. The Kier molecular flexibility index (Phi) is 5.32. The Morgan fingerprint density at radius 2 is 1.12 bits per heavy atom. The van der Waals surface area contributed by atoms with E-state index in [-0.39, 0.29) is 46.2 Å². The van der Waals surface area contributed by atoms with E-state index in [1.165, 1.54) is 6.92 Å². The summed E-state index contributed by atoms with van der Waals surface area (Å²) >= 11 is 0. The summed E-state index contributed by atoms with van der Waals surface area (Å²) in [7, 11) is 0. The molecule has 0 fully saturated rings. The van der Waals surface area contributed by atoms with Gasteiger partial charge in [0.2, 0.25) is 0 Å². The third kappa shape index (κ3) is 4.74. The monoisotopic (exact) mass is 752 g/mol. The topological polar surface area (TPSA) is 61.0 Å². The van der Waals surface area contributed by atoms with E-state index >= 15 is 0 Å². The van der Waals surface area contributed by atoms with Gasteiger partial charge in [0.15, 0.2) is 17.5 Å². The van der Waals surface area contributed by atoms with Gasteiger partial charge in [0.25, 0.3) is 0 Å². The number of hydrogen-bond acceptors (Lipinski definition) is 5. The van der Waals surface area contributed by atoms with Gasteiger partial charge in [-0.25, -0.2) is 15.0 Å². The van der Waals surface area contributed by atoms with Crippen molar-refractivity contribution in [1.82, 2.24) is 15.0 Å². The number of rotatable bonds is 3. The minimum Gasteiger partial charge on any atom is -0.457 e. The Balaban J connectivity index is 1.23. The number of hydrogen-bond donors (Lipinski definition) is 0. The maximum Gasteiger partial charge on any atom is 0.164 e. The largest absolute Gasteiger partial charge is 0.457 e. The molecular formula is C53H33N3O2. The van der Waals surface area contributed by atoms with E-state index < -0.39 is 47.7 Å². The Hall–Kier alpha value is -7.63. The van der Waals surface area contributed by atoms with Gasteiger partial charge in [0.05, 0.1) is 17.8 Å². The Morgan fingerprint density at radius 3 is 1.95 bits per heavy atom. The number of furan rings is 1. The lowest BCUT2D eigenvalue weighted by Gasteiger charge is -2.42. The van der Waals surface area contributed by atoms with Crippen LogP contribution in [0.2, 0.25) is 0 Å². The van der Waals surface area contributed by atoms with Gasteiger partial charge in [0, 0.05) is 38.6 Å². The molecule has 12 rings (SSSR count). The third-order valence-electron chi connectivity index (χ3n) is 11.2. The van der Waals surface area contributed by atoms with Crippen molar-refractivity contribution < 1.29 is 21.5 Å². The quantitative estimate of drug-likeness (QED) is 0.180. The van der Waals surface area contributed by atoms with E-state index in [9.17, 15) is 0 Å². The number of fused-ring (bicyclic) bond motifs is 14. The molecule has 0 bridgehead atoms. The van der Waals surface area contributed by atoms with Gasteiger partial charge >= 0.3 is 0 Å². The van der Waals surface area contributed by atoms with Crippen LogP contribution in [0.15, 0.2) is 186 Å². The first-order valence-electron chi connectivity index (χ1n) is 23.4. The van der Waals surface area contributed by atoms with Crippen LogP contribution in [0.4, 0.5) is 0 Å². The van der Waals surface area contributed by atoms with E-state index in [2.05, 4.69) is 41.4 Å². The molecule has 5 nitrogen and oxygen atoms in total. The average Bonchev–Trinajstić information content (AvgIpc) is 3.67. The van der Waals surface area contributed by atoms with Crippen LogP contribution in [0, 0.1) is 6.92 Å². The Labute approximate surface area is 347 Å². The lowest BCUT2D eigenvalue weighted by molar-refractivity contribution is 0.435. The van der Waals surface area contributed by atoms with E-state index in [0.717, 1.165) is 60.9 Å². The average molecular weight is 753 g/mol. The van der Waals surface area contributed by atoms with Crippen LogP contribution in [-0.4, -0.2) is 15.0 Å². The van der Waals surface area contributed by atoms with E-state index in [0.29, 0.717) is 22.6 Å². The van der Waals surface area contributed by atoms with Crippen LogP contribution < -0.4 is 4.74 Å². The fraction of sp³-hybridized carbons (Fsp3) is 0.0377. The van der Waals surface area contributed by atoms with Crippen molar-refractivity contribution in [3.63, 3.8) is 0 Å². The molecule has 1 spiro atoms. The lowest BCUT2D eigenvalue weighted by Crippen LogP contribution is -2.34. The zero-order valence-electron chi connectivity index (χ0n) is 39.8. The number of aromatic nitrogens is 3. The predicted octanol–water partition coefficient (Wildman–Crippen LogP) is 13.2. The van der Waals surface area contributed by atoms with Gasteiger partial charge in [-0.1, -0.05) is 151 Å². The molecule has 3 heterocycles. The van der Waals surface area contributed by atoms with Crippen LogP contribution >= 0.6 is 0 Å². The molecule has 10 aromatic rings. The van der Waals surface area contributed by atoms with E-state index in [1.807, 2.05) is 91.0 Å². The SMILES string of the molecule is [2H]c1c([2H])c([2H])c(-c2nc(-c3ccc4c(c3)C3(c5ccccc5Oc5cc6c(cc53)oc3ccccc36)c3ccccc3-c3ccccc3-4)nc(-c3c([2H])c([2H])c([2H])c(C)c3[2H])n2)c([2H])c1[2H]. The zero-order chi connectivity index (χ0) is 46.2. The molecule has 2 aromatic heterocycles. The summed E-state index contributed by atoms with van der Waals surface area (Å²) in [4.78, 5) is 14.4. The molecule has 1 aliphatic carbocycles. The number of benzene rings is 8. The molecule has 5 heteroatoms. The van der Waals surface area contributed by atoms with Crippen LogP contribution in [0.1, 0.15) is 40.2 Å². The fourth-order valence-electron chi connectivity index (χ4n) is 8.85. The molecule has 8 aromatic carbocycles. The van der Waals surface area contributed by atoms with Gasteiger partial charge in [-0.15, -0.1) is 0 Å². The van der Waals surface area contributed by atoms with Crippen molar-refractivity contribution in [3.05, 3.63) is 210 Å². The number of ether oxygens (including phenoxy) is 1. The predicted molar refractivity (Wildman–Crippen MR) is 231 cm³/mol. The molecule has 0 saturated carbocycles.